The number of carbonyl (C=O) groups excluding carboxylic acids is 1. The number of rotatable bonds is 4. The number of hydrogen-bond acceptors (Lipinski definition) is 3. The number of carbonyl (C=O) groups is 1. The molecule has 0 radical (unpaired) electrons. The number of Topliss-reactive ketones (excluding diaryl/α,β-unsaturated/α-hetero) is 1. The fourth-order valence-electron chi connectivity index (χ4n) is 1.46. The highest BCUT2D eigenvalue weighted by atomic mass is 16.5. The quantitative estimate of drug-likeness (QED) is 0.635. The van der Waals surface area contributed by atoms with Crippen molar-refractivity contribution in [2.45, 2.75) is 25.9 Å². The number of hydrogen-bond donors (Lipinski definition) is 0. The Morgan fingerprint density at radius 2 is 2.36 bits per heavy atom. The minimum atomic E-state index is -0.239. The Hall–Kier alpha value is -0.670. The maximum Gasteiger partial charge on any atom is 0.166 e. The molecule has 0 N–H and O–H groups in total. The maximum absolute atomic E-state index is 11.7. The summed E-state index contributed by atoms with van der Waals surface area (Å²) < 4.78 is 5.42. The van der Waals surface area contributed by atoms with Crippen LogP contribution in [0, 0.1) is 0 Å². The van der Waals surface area contributed by atoms with Crippen LogP contribution < -0.4 is 0 Å². The van der Waals surface area contributed by atoms with E-state index in [2.05, 4.69) is 11.5 Å². The lowest BCUT2D eigenvalue weighted by Gasteiger charge is -2.29. The van der Waals surface area contributed by atoms with Crippen LogP contribution in [0.25, 0.3) is 0 Å². The van der Waals surface area contributed by atoms with E-state index in [0.717, 1.165) is 25.1 Å². The molecule has 14 heavy (non-hydrogen) atoms. The lowest BCUT2D eigenvalue weighted by Crippen LogP contribution is -2.44. The number of ketones is 1. The minimum absolute atomic E-state index is 0.170. The number of nitrogens with zero attached hydrogens (tertiary/aromatic N) is 1. The van der Waals surface area contributed by atoms with Gasteiger partial charge in [-0.05, 0) is 13.5 Å². The molecule has 1 fully saturated rings. The highest BCUT2D eigenvalue weighted by Gasteiger charge is 2.24. The zero-order valence-electron chi connectivity index (χ0n) is 9.08. The summed E-state index contributed by atoms with van der Waals surface area (Å²) in [6, 6.07) is 0. The molecule has 0 saturated carbocycles. The van der Waals surface area contributed by atoms with Crippen LogP contribution in [0.1, 0.15) is 19.8 Å². The Kier molecular flexibility index (Phi) is 4.29. The van der Waals surface area contributed by atoms with E-state index in [4.69, 9.17) is 4.74 Å². The van der Waals surface area contributed by atoms with Gasteiger partial charge in [-0.15, -0.1) is 0 Å². The third-order valence-electron chi connectivity index (χ3n) is 2.55. The fraction of sp³-hybridized carbons (Fsp3) is 0.727. The van der Waals surface area contributed by atoms with Gasteiger partial charge in [0.15, 0.2) is 5.78 Å². The van der Waals surface area contributed by atoms with Gasteiger partial charge in [0.2, 0.25) is 0 Å². The molecule has 0 aromatic carbocycles. The second-order valence-electron chi connectivity index (χ2n) is 3.87. The van der Waals surface area contributed by atoms with Crippen molar-refractivity contribution in [3.05, 3.63) is 12.2 Å². The van der Waals surface area contributed by atoms with Gasteiger partial charge in [0.25, 0.3) is 0 Å². The average Bonchev–Trinajstić information content (AvgIpc) is 2.17. The van der Waals surface area contributed by atoms with Gasteiger partial charge in [-0.1, -0.05) is 19.1 Å². The summed E-state index contributed by atoms with van der Waals surface area (Å²) in [7, 11) is 2.01. The molecule has 1 rings (SSSR count). The molecule has 3 nitrogen and oxygen atoms in total. The van der Waals surface area contributed by atoms with Crippen LogP contribution in [-0.4, -0.2) is 43.5 Å². The lowest BCUT2D eigenvalue weighted by molar-refractivity contribution is -0.134. The van der Waals surface area contributed by atoms with E-state index in [1.165, 1.54) is 0 Å². The average molecular weight is 197 g/mol. The normalized spacial score (nSPS) is 23.4. The number of allylic oxidation sites excluding steroid dienone is 1. The van der Waals surface area contributed by atoms with Crippen molar-refractivity contribution < 1.29 is 9.53 Å². The molecule has 1 heterocycles. The largest absolute Gasteiger partial charge is 0.368 e. The number of likely N-dealkylation sites (N-methyl/N-ethyl adjacent to an activating group) is 1. The molecule has 80 valence electrons. The monoisotopic (exact) mass is 197 g/mol. The highest BCUT2D eigenvalue weighted by Crippen LogP contribution is 2.11. The Balaban J connectivity index is 2.39. The van der Waals surface area contributed by atoms with Crippen LogP contribution >= 0.6 is 0 Å². The van der Waals surface area contributed by atoms with Crippen molar-refractivity contribution in [1.29, 1.82) is 0 Å². The predicted octanol–water partition coefficient (Wildman–Crippen LogP) is 1.24. The van der Waals surface area contributed by atoms with Gasteiger partial charge in [0, 0.05) is 19.5 Å². The van der Waals surface area contributed by atoms with Gasteiger partial charge in [-0.3, -0.25) is 4.79 Å². The summed E-state index contributed by atoms with van der Waals surface area (Å²) >= 11 is 0. The third kappa shape index (κ3) is 3.24. The van der Waals surface area contributed by atoms with E-state index in [9.17, 15) is 4.79 Å². The van der Waals surface area contributed by atoms with Crippen molar-refractivity contribution in [1.82, 2.24) is 4.90 Å². The van der Waals surface area contributed by atoms with Gasteiger partial charge >= 0.3 is 0 Å². The van der Waals surface area contributed by atoms with Crippen molar-refractivity contribution in [2.24, 2.45) is 0 Å². The van der Waals surface area contributed by atoms with Gasteiger partial charge in [-0.25, -0.2) is 0 Å². The second-order valence-corrected chi connectivity index (χ2v) is 3.87. The van der Waals surface area contributed by atoms with Gasteiger partial charge in [0.05, 0.1) is 6.61 Å². The second kappa shape index (κ2) is 5.27. The summed E-state index contributed by atoms with van der Waals surface area (Å²) in [5.41, 5.74) is 0.992. The van der Waals surface area contributed by atoms with Crippen LogP contribution in [0.2, 0.25) is 0 Å². The van der Waals surface area contributed by atoms with Crippen molar-refractivity contribution in [3.8, 4) is 0 Å². The molecule has 1 aliphatic rings. The third-order valence-corrected chi connectivity index (χ3v) is 2.55. The first-order valence-electron chi connectivity index (χ1n) is 5.13. The molecule has 0 amide bonds. The SMILES string of the molecule is C=C(CC)CC(=O)C1CN(C)CCO1. The van der Waals surface area contributed by atoms with Crippen molar-refractivity contribution in [3.63, 3.8) is 0 Å². The highest BCUT2D eigenvalue weighted by molar-refractivity contribution is 5.85. The first kappa shape index (κ1) is 11.4. The summed E-state index contributed by atoms with van der Waals surface area (Å²) in [5, 5.41) is 0. The zero-order valence-corrected chi connectivity index (χ0v) is 9.08. The smallest absolute Gasteiger partial charge is 0.166 e. The molecule has 3 heteroatoms. The Morgan fingerprint density at radius 1 is 1.64 bits per heavy atom. The van der Waals surface area contributed by atoms with E-state index in [-0.39, 0.29) is 11.9 Å². The topological polar surface area (TPSA) is 29.5 Å². The minimum Gasteiger partial charge on any atom is -0.368 e. The van der Waals surface area contributed by atoms with E-state index in [0.29, 0.717) is 13.0 Å². The standard InChI is InChI=1S/C11H19NO2/c1-4-9(2)7-10(13)11-8-12(3)5-6-14-11/h11H,2,4-8H2,1,3H3. The summed E-state index contributed by atoms with van der Waals surface area (Å²) in [5.74, 6) is 0.170. The Labute approximate surface area is 85.7 Å². The Morgan fingerprint density at radius 3 is 2.93 bits per heavy atom. The van der Waals surface area contributed by atoms with Crippen molar-refractivity contribution >= 4 is 5.78 Å². The zero-order chi connectivity index (χ0) is 10.6. The molecule has 1 saturated heterocycles. The summed E-state index contributed by atoms with van der Waals surface area (Å²) in [6.45, 7) is 8.15. The molecule has 0 bridgehead atoms. The van der Waals surface area contributed by atoms with Crippen LogP contribution in [0.5, 0.6) is 0 Å². The van der Waals surface area contributed by atoms with E-state index in [1.807, 2.05) is 14.0 Å². The molecular weight excluding hydrogens is 178 g/mol. The first-order chi connectivity index (χ1) is 6.63. The summed E-state index contributed by atoms with van der Waals surface area (Å²) in [6.07, 6.45) is 1.10. The lowest BCUT2D eigenvalue weighted by atomic mass is 10.0. The van der Waals surface area contributed by atoms with Gasteiger partial charge < -0.3 is 9.64 Å². The molecule has 0 aromatic rings. The fourth-order valence-corrected chi connectivity index (χ4v) is 1.46. The molecule has 1 aliphatic heterocycles. The molecule has 0 aromatic heterocycles. The summed E-state index contributed by atoms with van der Waals surface area (Å²) in [4.78, 5) is 13.8. The van der Waals surface area contributed by atoms with Crippen LogP contribution in [0.15, 0.2) is 12.2 Å². The van der Waals surface area contributed by atoms with Crippen LogP contribution in [0.4, 0.5) is 0 Å². The van der Waals surface area contributed by atoms with E-state index in [1.54, 1.807) is 0 Å². The van der Waals surface area contributed by atoms with Crippen molar-refractivity contribution in [2.75, 3.05) is 26.7 Å². The number of ether oxygens (including phenoxy) is 1. The molecular formula is C11H19NO2. The van der Waals surface area contributed by atoms with E-state index >= 15 is 0 Å². The molecule has 1 unspecified atom stereocenters. The van der Waals surface area contributed by atoms with Gasteiger partial charge in [0.1, 0.15) is 6.10 Å². The molecule has 0 spiro atoms. The maximum atomic E-state index is 11.7. The molecule has 1 atom stereocenters. The Bertz CT molecular complexity index is 225. The number of morpholine rings is 1. The first-order valence-corrected chi connectivity index (χ1v) is 5.13. The van der Waals surface area contributed by atoms with Crippen LogP contribution in [0.3, 0.4) is 0 Å². The molecule has 0 aliphatic carbocycles. The van der Waals surface area contributed by atoms with E-state index < -0.39 is 0 Å². The van der Waals surface area contributed by atoms with Gasteiger partial charge in [-0.2, -0.15) is 0 Å². The van der Waals surface area contributed by atoms with Crippen LogP contribution in [-0.2, 0) is 9.53 Å². The predicted molar refractivity (Wildman–Crippen MR) is 56.3 cm³/mol.